The largest absolute Gasteiger partial charge is 0.328 e. The number of hydrogen-bond acceptors (Lipinski definition) is 2. The first-order valence-electron chi connectivity index (χ1n) is 4.36. The number of halogens is 2. The standard InChI is InChI=1S/C10H6Cl2N2OS/c11-6-3-1-2-5(8(6)12)4-7-9(15)14-10(16)13-7/h1-4H,(H2,13,14,15,16)/b7-4-. The molecule has 1 aliphatic rings. The number of carbonyl (C=O) groups is 1. The maximum atomic E-state index is 11.4. The van der Waals surface area contributed by atoms with Gasteiger partial charge in [0.05, 0.1) is 10.0 Å². The molecule has 3 nitrogen and oxygen atoms in total. The quantitative estimate of drug-likeness (QED) is 0.609. The molecule has 16 heavy (non-hydrogen) atoms. The first kappa shape index (κ1) is 11.4. The van der Waals surface area contributed by atoms with E-state index in [0.29, 0.717) is 21.3 Å². The second kappa shape index (κ2) is 4.41. The summed E-state index contributed by atoms with van der Waals surface area (Å²) >= 11 is 16.6. The predicted octanol–water partition coefficient (Wildman–Crippen LogP) is 2.34. The van der Waals surface area contributed by atoms with Crippen molar-refractivity contribution >= 4 is 52.5 Å². The minimum absolute atomic E-state index is 0.277. The fourth-order valence-corrected chi connectivity index (χ4v) is 1.83. The lowest BCUT2D eigenvalue weighted by Crippen LogP contribution is -2.21. The van der Waals surface area contributed by atoms with E-state index in [9.17, 15) is 4.79 Å². The van der Waals surface area contributed by atoms with E-state index in [4.69, 9.17) is 35.4 Å². The molecule has 82 valence electrons. The number of hydrogen-bond donors (Lipinski definition) is 2. The van der Waals surface area contributed by atoms with Gasteiger partial charge in [-0.2, -0.15) is 0 Å². The Labute approximate surface area is 107 Å². The van der Waals surface area contributed by atoms with Crippen LogP contribution >= 0.6 is 35.4 Å². The van der Waals surface area contributed by atoms with Crippen LogP contribution in [-0.2, 0) is 4.79 Å². The monoisotopic (exact) mass is 272 g/mol. The van der Waals surface area contributed by atoms with Crippen molar-refractivity contribution in [2.75, 3.05) is 0 Å². The van der Waals surface area contributed by atoms with Gasteiger partial charge in [0.15, 0.2) is 5.11 Å². The summed E-state index contributed by atoms with van der Waals surface area (Å²) in [6.07, 6.45) is 1.60. The number of thiocarbonyl (C=S) groups is 1. The number of nitrogens with one attached hydrogen (secondary N) is 2. The zero-order valence-electron chi connectivity index (χ0n) is 7.88. The average Bonchev–Trinajstić information content (AvgIpc) is 2.53. The van der Waals surface area contributed by atoms with E-state index in [1.165, 1.54) is 0 Å². The number of carbonyl (C=O) groups excluding carboxylic acids is 1. The molecule has 6 heteroatoms. The Morgan fingerprint density at radius 1 is 1.25 bits per heavy atom. The van der Waals surface area contributed by atoms with Gasteiger partial charge in [-0.25, -0.2) is 0 Å². The second-order valence-electron chi connectivity index (χ2n) is 3.11. The zero-order valence-corrected chi connectivity index (χ0v) is 10.2. The summed E-state index contributed by atoms with van der Waals surface area (Å²) < 4.78 is 0. The lowest BCUT2D eigenvalue weighted by molar-refractivity contribution is -0.115. The highest BCUT2D eigenvalue weighted by Gasteiger charge is 2.20. The molecule has 2 rings (SSSR count). The van der Waals surface area contributed by atoms with Crippen molar-refractivity contribution in [2.45, 2.75) is 0 Å². The molecular formula is C10H6Cl2N2OS. The summed E-state index contributed by atoms with van der Waals surface area (Å²) in [4.78, 5) is 11.4. The molecule has 1 saturated heterocycles. The molecule has 1 amide bonds. The fourth-order valence-electron chi connectivity index (χ4n) is 1.27. The van der Waals surface area contributed by atoms with E-state index in [1.54, 1.807) is 24.3 Å². The minimum Gasteiger partial charge on any atom is -0.328 e. The van der Waals surface area contributed by atoms with Crippen LogP contribution in [0.4, 0.5) is 0 Å². The normalized spacial score (nSPS) is 17.5. The highest BCUT2D eigenvalue weighted by molar-refractivity contribution is 7.80. The molecule has 1 aromatic carbocycles. The number of benzene rings is 1. The van der Waals surface area contributed by atoms with E-state index in [0.717, 1.165) is 0 Å². The van der Waals surface area contributed by atoms with E-state index in [1.807, 2.05) is 0 Å². The van der Waals surface area contributed by atoms with E-state index >= 15 is 0 Å². The fraction of sp³-hybridized carbons (Fsp3) is 0. The molecule has 0 atom stereocenters. The van der Waals surface area contributed by atoms with Crippen LogP contribution in [-0.4, -0.2) is 11.0 Å². The molecule has 0 saturated carbocycles. The van der Waals surface area contributed by atoms with Crippen molar-refractivity contribution in [3.05, 3.63) is 39.5 Å². The number of rotatable bonds is 1. The van der Waals surface area contributed by atoms with Gasteiger partial charge in [-0.3, -0.25) is 10.1 Å². The first-order chi connectivity index (χ1) is 7.58. The van der Waals surface area contributed by atoms with Gasteiger partial charge in [-0.15, -0.1) is 0 Å². The van der Waals surface area contributed by atoms with Gasteiger partial charge in [0.25, 0.3) is 5.91 Å². The Bertz CT molecular complexity index is 514. The lowest BCUT2D eigenvalue weighted by atomic mass is 10.2. The van der Waals surface area contributed by atoms with Crippen LogP contribution in [0.5, 0.6) is 0 Å². The van der Waals surface area contributed by atoms with Crippen LogP contribution in [0, 0.1) is 0 Å². The smallest absolute Gasteiger partial charge is 0.273 e. The van der Waals surface area contributed by atoms with Crippen LogP contribution in [0.1, 0.15) is 5.56 Å². The Balaban J connectivity index is 2.40. The van der Waals surface area contributed by atoms with Crippen LogP contribution in [0.25, 0.3) is 6.08 Å². The first-order valence-corrected chi connectivity index (χ1v) is 5.52. The maximum Gasteiger partial charge on any atom is 0.273 e. The van der Waals surface area contributed by atoms with Gasteiger partial charge in [-0.1, -0.05) is 35.3 Å². The predicted molar refractivity (Wildman–Crippen MR) is 68.3 cm³/mol. The minimum atomic E-state index is -0.277. The van der Waals surface area contributed by atoms with E-state index in [-0.39, 0.29) is 11.0 Å². The Hall–Kier alpha value is -1.10. The summed E-state index contributed by atoms with van der Waals surface area (Å²) in [6, 6.07) is 5.20. The van der Waals surface area contributed by atoms with Gasteiger partial charge in [0.1, 0.15) is 5.70 Å². The van der Waals surface area contributed by atoms with Crippen molar-refractivity contribution in [1.82, 2.24) is 10.6 Å². The molecule has 0 aromatic heterocycles. The van der Waals surface area contributed by atoms with Crippen LogP contribution in [0.2, 0.25) is 10.0 Å². The van der Waals surface area contributed by atoms with E-state index < -0.39 is 0 Å². The molecule has 0 spiro atoms. The molecule has 1 heterocycles. The highest BCUT2D eigenvalue weighted by atomic mass is 35.5. The topological polar surface area (TPSA) is 41.1 Å². The maximum absolute atomic E-state index is 11.4. The average molecular weight is 273 g/mol. The van der Waals surface area contributed by atoms with Crippen molar-refractivity contribution in [3.8, 4) is 0 Å². The van der Waals surface area contributed by atoms with Crippen molar-refractivity contribution in [3.63, 3.8) is 0 Å². The molecule has 0 aliphatic carbocycles. The molecule has 0 radical (unpaired) electrons. The van der Waals surface area contributed by atoms with Gasteiger partial charge < -0.3 is 5.32 Å². The van der Waals surface area contributed by atoms with Crippen molar-refractivity contribution < 1.29 is 4.79 Å². The molecule has 1 aliphatic heterocycles. The van der Waals surface area contributed by atoms with Crippen LogP contribution in [0.15, 0.2) is 23.9 Å². The Kier molecular flexibility index (Phi) is 3.14. The SMILES string of the molecule is O=C1NC(=S)N/C1=C\c1cccc(Cl)c1Cl. The van der Waals surface area contributed by atoms with Crippen molar-refractivity contribution in [2.24, 2.45) is 0 Å². The summed E-state index contributed by atoms with van der Waals surface area (Å²) in [6.45, 7) is 0. The van der Waals surface area contributed by atoms with Gasteiger partial charge in [0.2, 0.25) is 0 Å². The third-order valence-electron chi connectivity index (χ3n) is 2.00. The Morgan fingerprint density at radius 3 is 2.62 bits per heavy atom. The van der Waals surface area contributed by atoms with Crippen LogP contribution < -0.4 is 10.6 Å². The third-order valence-corrected chi connectivity index (χ3v) is 3.04. The molecule has 2 N–H and O–H groups in total. The highest BCUT2D eigenvalue weighted by Crippen LogP contribution is 2.27. The molecule has 0 unspecified atom stereocenters. The Morgan fingerprint density at radius 2 is 2.00 bits per heavy atom. The molecule has 1 fully saturated rings. The number of amides is 1. The van der Waals surface area contributed by atoms with Crippen LogP contribution in [0.3, 0.4) is 0 Å². The van der Waals surface area contributed by atoms with Crippen molar-refractivity contribution in [1.29, 1.82) is 0 Å². The van der Waals surface area contributed by atoms with Gasteiger partial charge >= 0.3 is 0 Å². The second-order valence-corrected chi connectivity index (χ2v) is 4.30. The summed E-state index contributed by atoms with van der Waals surface area (Å²) in [5.41, 5.74) is 1.02. The molecular weight excluding hydrogens is 267 g/mol. The van der Waals surface area contributed by atoms with E-state index in [2.05, 4.69) is 10.6 Å². The summed E-state index contributed by atoms with van der Waals surface area (Å²) in [5, 5.41) is 6.32. The summed E-state index contributed by atoms with van der Waals surface area (Å²) in [7, 11) is 0. The van der Waals surface area contributed by atoms with Gasteiger partial charge in [-0.05, 0) is 29.9 Å². The van der Waals surface area contributed by atoms with Gasteiger partial charge in [0, 0.05) is 0 Å². The zero-order chi connectivity index (χ0) is 11.7. The summed E-state index contributed by atoms with van der Waals surface area (Å²) in [5.74, 6) is -0.277. The third kappa shape index (κ3) is 2.19. The molecule has 1 aromatic rings. The lowest BCUT2D eigenvalue weighted by Gasteiger charge is -2.01. The molecule has 0 bridgehead atoms.